The number of H-pyrrole nitrogens is 1. The van der Waals surface area contributed by atoms with Crippen LogP contribution in [0.5, 0.6) is 11.5 Å². The molecule has 1 aliphatic heterocycles. The predicted molar refractivity (Wildman–Crippen MR) is 120 cm³/mol. The second kappa shape index (κ2) is 7.84. The van der Waals surface area contributed by atoms with E-state index < -0.39 is 0 Å². The van der Waals surface area contributed by atoms with Crippen molar-refractivity contribution >= 4 is 5.70 Å². The van der Waals surface area contributed by atoms with E-state index in [1.807, 2.05) is 65.6 Å². The van der Waals surface area contributed by atoms with Gasteiger partial charge in [0, 0.05) is 18.0 Å². The van der Waals surface area contributed by atoms with E-state index in [0.717, 1.165) is 60.1 Å². The Morgan fingerprint density at radius 3 is 2.87 bits per heavy atom. The summed E-state index contributed by atoms with van der Waals surface area (Å²) in [5.74, 6) is 2.02. The largest absolute Gasteiger partial charge is 0.457 e. The molecule has 6 nitrogen and oxygen atoms in total. The van der Waals surface area contributed by atoms with Crippen molar-refractivity contribution in [3.05, 3.63) is 72.9 Å². The van der Waals surface area contributed by atoms with Gasteiger partial charge in [-0.25, -0.2) is 0 Å². The average molecular weight is 412 g/mol. The van der Waals surface area contributed by atoms with Crippen molar-refractivity contribution in [3.8, 4) is 28.9 Å². The molecule has 2 aliphatic rings. The van der Waals surface area contributed by atoms with Gasteiger partial charge in [0.2, 0.25) is 0 Å². The van der Waals surface area contributed by atoms with E-state index in [4.69, 9.17) is 4.74 Å². The first kappa shape index (κ1) is 19.3. The van der Waals surface area contributed by atoms with E-state index in [1.54, 1.807) is 0 Å². The zero-order valence-electron chi connectivity index (χ0n) is 17.3. The van der Waals surface area contributed by atoms with Gasteiger partial charge in [0.1, 0.15) is 17.2 Å². The topological polar surface area (TPSA) is 77.0 Å². The molecule has 2 fully saturated rings. The first-order valence-electron chi connectivity index (χ1n) is 10.7. The predicted octanol–water partition coefficient (Wildman–Crippen LogP) is 4.76. The second-order valence-corrected chi connectivity index (χ2v) is 8.41. The number of nitrogens with zero attached hydrogens (tertiary/aromatic N) is 3. The standard InChI is InChI=1S/C25H25N5O/c1-18(27-25-13-7-8-19(25)15-30(16-25)17-26)22-14-23(29-28-22)21-11-5-6-12-24(21)31-20-9-3-2-4-10-20/h2-6,9-12,14,19,27H,1,7-8,13,15-16H2,(H,28,29)/t19-,25-/m0/s1. The van der Waals surface area contributed by atoms with Crippen molar-refractivity contribution in [3.63, 3.8) is 0 Å². The molecule has 0 amide bonds. The molecule has 2 aromatic carbocycles. The monoisotopic (exact) mass is 411 g/mol. The molecule has 0 bridgehead atoms. The fourth-order valence-electron chi connectivity index (χ4n) is 4.94. The molecule has 6 heteroatoms. The SMILES string of the molecule is C=C(N[C@]12CCC[C@H]1CN(C#N)C2)c1cc(-c2ccccc2Oc2ccccc2)[nH]n1. The van der Waals surface area contributed by atoms with Gasteiger partial charge in [0.05, 0.1) is 23.5 Å². The number of rotatable bonds is 6. The third kappa shape index (κ3) is 3.64. The van der Waals surface area contributed by atoms with Crippen molar-refractivity contribution in [2.45, 2.75) is 24.8 Å². The maximum absolute atomic E-state index is 9.34. The number of aromatic amines is 1. The van der Waals surface area contributed by atoms with Crippen LogP contribution >= 0.6 is 0 Å². The molecule has 156 valence electrons. The molecule has 5 rings (SSSR count). The zero-order chi connectivity index (χ0) is 21.3. The summed E-state index contributed by atoms with van der Waals surface area (Å²) in [7, 11) is 0. The van der Waals surface area contributed by atoms with E-state index in [9.17, 15) is 5.26 Å². The number of hydrogen-bond acceptors (Lipinski definition) is 5. The van der Waals surface area contributed by atoms with Crippen LogP contribution in [0.1, 0.15) is 25.0 Å². The summed E-state index contributed by atoms with van der Waals surface area (Å²) in [6.45, 7) is 5.83. The lowest BCUT2D eigenvalue weighted by Gasteiger charge is -2.31. The van der Waals surface area contributed by atoms with E-state index in [1.165, 1.54) is 6.42 Å². The lowest BCUT2D eigenvalue weighted by Crippen LogP contribution is -2.47. The Hall–Kier alpha value is -3.72. The maximum atomic E-state index is 9.34. The lowest BCUT2D eigenvalue weighted by molar-refractivity contribution is 0.341. The van der Waals surface area contributed by atoms with Crippen molar-refractivity contribution in [2.75, 3.05) is 13.1 Å². The normalized spacial score (nSPS) is 22.0. The summed E-state index contributed by atoms with van der Waals surface area (Å²) >= 11 is 0. The smallest absolute Gasteiger partial charge is 0.179 e. The average Bonchev–Trinajstić information content (AvgIpc) is 3.49. The van der Waals surface area contributed by atoms with Gasteiger partial charge in [0.15, 0.2) is 6.19 Å². The van der Waals surface area contributed by atoms with Crippen LogP contribution in [-0.4, -0.2) is 33.7 Å². The third-order valence-corrected chi connectivity index (χ3v) is 6.45. The van der Waals surface area contributed by atoms with Crippen molar-refractivity contribution < 1.29 is 4.74 Å². The Balaban J connectivity index is 1.36. The van der Waals surface area contributed by atoms with Gasteiger partial charge < -0.3 is 15.0 Å². The minimum absolute atomic E-state index is 0.0831. The van der Waals surface area contributed by atoms with Crippen LogP contribution in [0.3, 0.4) is 0 Å². The fraction of sp³-hybridized carbons (Fsp3) is 0.280. The molecule has 2 heterocycles. The summed E-state index contributed by atoms with van der Waals surface area (Å²) in [4.78, 5) is 1.86. The van der Waals surface area contributed by atoms with Crippen molar-refractivity contribution in [2.24, 2.45) is 5.92 Å². The number of nitrogens with one attached hydrogen (secondary N) is 2. The van der Waals surface area contributed by atoms with Gasteiger partial charge >= 0.3 is 0 Å². The highest BCUT2D eigenvalue weighted by Crippen LogP contribution is 2.42. The maximum Gasteiger partial charge on any atom is 0.179 e. The first-order chi connectivity index (χ1) is 15.2. The highest BCUT2D eigenvalue weighted by Gasteiger charge is 2.49. The second-order valence-electron chi connectivity index (χ2n) is 8.41. The zero-order valence-corrected chi connectivity index (χ0v) is 17.3. The van der Waals surface area contributed by atoms with Gasteiger partial charge in [-0.3, -0.25) is 5.10 Å². The third-order valence-electron chi connectivity index (χ3n) is 6.45. The van der Waals surface area contributed by atoms with E-state index >= 15 is 0 Å². The molecule has 31 heavy (non-hydrogen) atoms. The van der Waals surface area contributed by atoms with Crippen LogP contribution in [0.25, 0.3) is 17.0 Å². The summed E-state index contributed by atoms with van der Waals surface area (Å²) in [5, 5.41) is 20.6. The number of likely N-dealkylation sites (tertiary alicyclic amines) is 1. The van der Waals surface area contributed by atoms with Crippen LogP contribution in [-0.2, 0) is 0 Å². The number of aromatic nitrogens is 2. The summed E-state index contributed by atoms with van der Waals surface area (Å²) < 4.78 is 6.10. The minimum atomic E-state index is -0.0831. The number of benzene rings is 2. The number of fused-ring (bicyclic) bond motifs is 1. The molecule has 2 atom stereocenters. The van der Waals surface area contributed by atoms with Gasteiger partial charge in [0.25, 0.3) is 0 Å². The van der Waals surface area contributed by atoms with Crippen LogP contribution in [0.2, 0.25) is 0 Å². The molecule has 0 unspecified atom stereocenters. The molecular formula is C25H25N5O. The molecule has 1 saturated heterocycles. The van der Waals surface area contributed by atoms with E-state index in [0.29, 0.717) is 5.92 Å². The number of para-hydroxylation sites is 2. The fourth-order valence-corrected chi connectivity index (χ4v) is 4.94. The van der Waals surface area contributed by atoms with Gasteiger partial charge in [-0.1, -0.05) is 43.3 Å². The molecule has 1 aromatic heterocycles. The van der Waals surface area contributed by atoms with Crippen LogP contribution < -0.4 is 10.1 Å². The molecule has 0 radical (unpaired) electrons. The lowest BCUT2D eigenvalue weighted by atomic mass is 9.90. The molecule has 1 saturated carbocycles. The Morgan fingerprint density at radius 2 is 2.03 bits per heavy atom. The van der Waals surface area contributed by atoms with Crippen molar-refractivity contribution in [1.29, 1.82) is 5.26 Å². The Kier molecular flexibility index (Phi) is 4.87. The summed E-state index contributed by atoms with van der Waals surface area (Å²) in [5.41, 5.74) is 3.29. The van der Waals surface area contributed by atoms with Crippen LogP contribution in [0.4, 0.5) is 0 Å². The molecule has 1 aliphatic carbocycles. The van der Waals surface area contributed by atoms with E-state index in [2.05, 4.69) is 28.3 Å². The quantitative estimate of drug-likeness (QED) is 0.572. The highest BCUT2D eigenvalue weighted by molar-refractivity contribution is 5.71. The Bertz CT molecular complexity index is 1130. The molecule has 3 aromatic rings. The van der Waals surface area contributed by atoms with Crippen molar-refractivity contribution in [1.82, 2.24) is 20.4 Å². The minimum Gasteiger partial charge on any atom is -0.457 e. The number of nitriles is 1. The highest BCUT2D eigenvalue weighted by atomic mass is 16.5. The Labute approximate surface area is 182 Å². The number of ether oxygens (including phenoxy) is 1. The first-order valence-corrected chi connectivity index (χ1v) is 10.7. The van der Waals surface area contributed by atoms with Crippen LogP contribution in [0, 0.1) is 17.4 Å². The molecule has 0 spiro atoms. The number of hydrogen-bond donors (Lipinski definition) is 2. The molecular weight excluding hydrogens is 386 g/mol. The van der Waals surface area contributed by atoms with Crippen LogP contribution in [0.15, 0.2) is 67.2 Å². The van der Waals surface area contributed by atoms with E-state index in [-0.39, 0.29) is 5.54 Å². The molecule has 2 N–H and O–H groups in total. The van der Waals surface area contributed by atoms with Gasteiger partial charge in [-0.05, 0) is 43.2 Å². The summed E-state index contributed by atoms with van der Waals surface area (Å²) in [6, 6.07) is 19.6. The summed E-state index contributed by atoms with van der Waals surface area (Å²) in [6.07, 6.45) is 5.69. The van der Waals surface area contributed by atoms with Gasteiger partial charge in [-0.2, -0.15) is 10.4 Å². The Morgan fingerprint density at radius 1 is 1.23 bits per heavy atom. The van der Waals surface area contributed by atoms with Gasteiger partial charge in [-0.15, -0.1) is 0 Å².